The number of hydrogen-bond donors (Lipinski definition) is 3. The van der Waals surface area contributed by atoms with Crippen LogP contribution in [0.2, 0.25) is 0 Å². The van der Waals surface area contributed by atoms with Gasteiger partial charge < -0.3 is 20.5 Å². The lowest BCUT2D eigenvalue weighted by Crippen LogP contribution is -2.40. The summed E-state index contributed by atoms with van der Waals surface area (Å²) in [6.45, 7) is 3.18. The third-order valence-electron chi connectivity index (χ3n) is 3.01. The van der Waals surface area contributed by atoms with Crippen molar-refractivity contribution in [3.63, 3.8) is 0 Å². The number of amides is 1. The summed E-state index contributed by atoms with van der Waals surface area (Å²) in [5.74, 6) is -0.473. The maximum atomic E-state index is 12.8. The highest BCUT2D eigenvalue weighted by atomic mass is 19.1. The van der Waals surface area contributed by atoms with E-state index in [9.17, 15) is 14.3 Å². The van der Waals surface area contributed by atoms with E-state index >= 15 is 0 Å². The van der Waals surface area contributed by atoms with Crippen molar-refractivity contribution in [1.29, 1.82) is 0 Å². The van der Waals surface area contributed by atoms with Crippen LogP contribution in [0.1, 0.15) is 25.0 Å². The topological polar surface area (TPSA) is 70.6 Å². The molecule has 0 aromatic heterocycles. The summed E-state index contributed by atoms with van der Waals surface area (Å²) in [6.07, 6.45) is -0.363. The monoisotopic (exact) mass is 298 g/mol. The van der Waals surface area contributed by atoms with Gasteiger partial charge >= 0.3 is 0 Å². The molecule has 0 saturated carbocycles. The van der Waals surface area contributed by atoms with E-state index in [2.05, 4.69) is 10.6 Å². The van der Waals surface area contributed by atoms with Crippen LogP contribution in [0.3, 0.4) is 0 Å². The third-order valence-corrected chi connectivity index (χ3v) is 3.01. The van der Waals surface area contributed by atoms with E-state index in [1.54, 1.807) is 19.2 Å². The van der Waals surface area contributed by atoms with E-state index in [0.717, 1.165) is 0 Å². The molecule has 0 bridgehead atoms. The fourth-order valence-corrected chi connectivity index (χ4v) is 1.92. The first-order chi connectivity index (χ1) is 10.0. The van der Waals surface area contributed by atoms with Gasteiger partial charge in [-0.1, -0.05) is 12.1 Å². The van der Waals surface area contributed by atoms with Crippen molar-refractivity contribution in [1.82, 2.24) is 10.6 Å². The molecule has 6 heteroatoms. The minimum atomic E-state index is -0.734. The molecule has 21 heavy (non-hydrogen) atoms. The highest BCUT2D eigenvalue weighted by Gasteiger charge is 2.14. The van der Waals surface area contributed by atoms with Crippen LogP contribution in [0.4, 0.5) is 4.39 Å². The molecule has 1 rings (SSSR count). The van der Waals surface area contributed by atoms with Gasteiger partial charge in [-0.3, -0.25) is 4.79 Å². The summed E-state index contributed by atoms with van der Waals surface area (Å²) in [6, 6.07) is 5.52. The van der Waals surface area contributed by atoms with Crippen molar-refractivity contribution in [3.8, 4) is 0 Å². The molecule has 118 valence electrons. The Kier molecular flexibility index (Phi) is 7.89. The molecule has 3 N–H and O–H groups in total. The van der Waals surface area contributed by atoms with Crippen molar-refractivity contribution in [2.75, 3.05) is 26.8 Å². The summed E-state index contributed by atoms with van der Waals surface area (Å²) in [5, 5.41) is 15.8. The molecule has 0 aliphatic carbocycles. The first kappa shape index (κ1) is 17.6. The molecule has 0 saturated heterocycles. The van der Waals surface area contributed by atoms with Crippen LogP contribution in [0, 0.1) is 5.82 Å². The van der Waals surface area contributed by atoms with Gasteiger partial charge in [0, 0.05) is 19.7 Å². The van der Waals surface area contributed by atoms with Crippen LogP contribution in [-0.4, -0.2) is 43.9 Å². The lowest BCUT2D eigenvalue weighted by atomic mass is 10.0. The quantitative estimate of drug-likeness (QED) is 0.595. The zero-order valence-corrected chi connectivity index (χ0v) is 12.4. The number of methoxy groups -OCH3 is 1. The molecule has 2 atom stereocenters. The van der Waals surface area contributed by atoms with Gasteiger partial charge in [0.25, 0.3) is 0 Å². The van der Waals surface area contributed by atoms with Gasteiger partial charge in [-0.15, -0.1) is 0 Å². The summed E-state index contributed by atoms with van der Waals surface area (Å²) in [4.78, 5) is 11.6. The van der Waals surface area contributed by atoms with Crippen LogP contribution in [0.5, 0.6) is 0 Å². The minimum absolute atomic E-state index is 0.134. The van der Waals surface area contributed by atoms with E-state index in [1.807, 2.05) is 6.92 Å². The SMILES string of the molecule is COCCNCC(=O)NC(C)CC(O)c1ccc(F)cc1. The zero-order chi connectivity index (χ0) is 15.7. The van der Waals surface area contributed by atoms with Crippen LogP contribution in [0.25, 0.3) is 0 Å². The predicted octanol–water partition coefficient (Wildman–Crippen LogP) is 0.990. The van der Waals surface area contributed by atoms with Gasteiger partial charge in [0.05, 0.1) is 19.3 Å². The Morgan fingerprint density at radius 2 is 2.05 bits per heavy atom. The molecule has 0 aliphatic heterocycles. The number of aliphatic hydroxyl groups excluding tert-OH is 1. The highest BCUT2D eigenvalue weighted by molar-refractivity contribution is 5.78. The predicted molar refractivity (Wildman–Crippen MR) is 78.3 cm³/mol. The molecule has 0 aliphatic rings. The molecule has 2 unspecified atom stereocenters. The number of halogens is 1. The largest absolute Gasteiger partial charge is 0.388 e. The summed E-state index contributed by atoms with van der Waals surface area (Å²) < 4.78 is 17.7. The maximum absolute atomic E-state index is 12.8. The summed E-state index contributed by atoms with van der Waals surface area (Å²) in [5.41, 5.74) is 0.635. The van der Waals surface area contributed by atoms with Crippen molar-refractivity contribution in [2.45, 2.75) is 25.5 Å². The van der Waals surface area contributed by atoms with Crippen LogP contribution in [-0.2, 0) is 9.53 Å². The number of aliphatic hydroxyl groups is 1. The fraction of sp³-hybridized carbons (Fsp3) is 0.533. The van der Waals surface area contributed by atoms with E-state index in [-0.39, 0.29) is 24.3 Å². The van der Waals surface area contributed by atoms with E-state index in [0.29, 0.717) is 25.1 Å². The number of carbonyl (C=O) groups excluding carboxylic acids is 1. The number of rotatable bonds is 9. The van der Waals surface area contributed by atoms with Crippen molar-refractivity contribution >= 4 is 5.91 Å². The minimum Gasteiger partial charge on any atom is -0.388 e. The average molecular weight is 298 g/mol. The molecular formula is C15H23FN2O3. The van der Waals surface area contributed by atoms with Crippen LogP contribution >= 0.6 is 0 Å². The Hall–Kier alpha value is -1.50. The third kappa shape index (κ3) is 7.17. The normalized spacial score (nSPS) is 13.7. The number of benzene rings is 1. The van der Waals surface area contributed by atoms with Gasteiger partial charge in [0.15, 0.2) is 0 Å². The zero-order valence-electron chi connectivity index (χ0n) is 12.4. The second kappa shape index (κ2) is 9.44. The van der Waals surface area contributed by atoms with E-state index in [1.165, 1.54) is 12.1 Å². The second-order valence-electron chi connectivity index (χ2n) is 4.94. The number of ether oxygens (including phenoxy) is 1. The summed E-state index contributed by atoms with van der Waals surface area (Å²) in [7, 11) is 1.60. The maximum Gasteiger partial charge on any atom is 0.234 e. The molecule has 1 aromatic rings. The second-order valence-corrected chi connectivity index (χ2v) is 4.94. The molecule has 0 radical (unpaired) electrons. The van der Waals surface area contributed by atoms with Gasteiger partial charge in [0.2, 0.25) is 5.91 Å². The Bertz CT molecular complexity index is 425. The molecule has 0 fully saturated rings. The molecule has 0 heterocycles. The number of nitrogens with one attached hydrogen (secondary N) is 2. The highest BCUT2D eigenvalue weighted by Crippen LogP contribution is 2.18. The summed E-state index contributed by atoms with van der Waals surface area (Å²) >= 11 is 0. The first-order valence-electron chi connectivity index (χ1n) is 6.95. The standard InChI is InChI=1S/C15H23FN2O3/c1-11(18-15(20)10-17-7-8-21-2)9-14(19)12-3-5-13(16)6-4-12/h3-6,11,14,17,19H,7-10H2,1-2H3,(H,18,20). The Labute approximate surface area is 124 Å². The molecule has 1 aromatic carbocycles. The molecule has 1 amide bonds. The lowest BCUT2D eigenvalue weighted by Gasteiger charge is -2.18. The Morgan fingerprint density at radius 1 is 1.38 bits per heavy atom. The Morgan fingerprint density at radius 3 is 2.67 bits per heavy atom. The molecule has 0 spiro atoms. The van der Waals surface area contributed by atoms with Gasteiger partial charge in [-0.25, -0.2) is 4.39 Å². The van der Waals surface area contributed by atoms with Gasteiger partial charge in [-0.05, 0) is 31.0 Å². The molecule has 5 nitrogen and oxygen atoms in total. The van der Waals surface area contributed by atoms with E-state index in [4.69, 9.17) is 4.74 Å². The van der Waals surface area contributed by atoms with Crippen LogP contribution in [0.15, 0.2) is 24.3 Å². The smallest absolute Gasteiger partial charge is 0.234 e. The van der Waals surface area contributed by atoms with Crippen molar-refractivity contribution in [3.05, 3.63) is 35.6 Å². The molecular weight excluding hydrogens is 275 g/mol. The average Bonchev–Trinajstić information content (AvgIpc) is 2.44. The van der Waals surface area contributed by atoms with Crippen LogP contribution < -0.4 is 10.6 Å². The van der Waals surface area contributed by atoms with E-state index < -0.39 is 6.10 Å². The van der Waals surface area contributed by atoms with Gasteiger partial charge in [-0.2, -0.15) is 0 Å². The Balaban J connectivity index is 2.30. The van der Waals surface area contributed by atoms with Gasteiger partial charge in [0.1, 0.15) is 5.82 Å². The first-order valence-corrected chi connectivity index (χ1v) is 6.95. The fourth-order valence-electron chi connectivity index (χ4n) is 1.92. The number of hydrogen-bond acceptors (Lipinski definition) is 4. The van der Waals surface area contributed by atoms with Crippen molar-refractivity contribution < 1.29 is 19.0 Å². The lowest BCUT2D eigenvalue weighted by molar-refractivity contribution is -0.121. The number of carbonyl (C=O) groups is 1. The van der Waals surface area contributed by atoms with Crippen molar-refractivity contribution in [2.24, 2.45) is 0 Å².